The molecule has 0 amide bonds. The highest BCUT2D eigenvalue weighted by molar-refractivity contribution is 5.66. The molecule has 1 atom stereocenters. The van der Waals surface area contributed by atoms with E-state index in [1.165, 1.54) is 0 Å². The second-order valence-corrected chi connectivity index (χ2v) is 4.04. The van der Waals surface area contributed by atoms with E-state index < -0.39 is 29.6 Å². The summed E-state index contributed by atoms with van der Waals surface area (Å²) in [6, 6.07) is 0. The van der Waals surface area contributed by atoms with Crippen LogP contribution in [-0.4, -0.2) is 45.0 Å². The quantitative estimate of drug-likeness (QED) is 0.398. The Morgan fingerprint density at radius 3 is 2.25 bits per heavy atom. The highest BCUT2D eigenvalue weighted by Crippen LogP contribution is 2.23. The molecule has 0 aromatic carbocycles. The fourth-order valence-corrected chi connectivity index (χ4v) is 1.49. The fraction of sp³-hybridized carbons (Fsp3) is 0.889. The molecule has 1 unspecified atom stereocenters. The number of aliphatic hydroxyl groups is 2. The molecule has 0 fully saturated rings. The summed E-state index contributed by atoms with van der Waals surface area (Å²) in [5, 5.41) is 37.1. The minimum absolute atomic E-state index is 0.0414. The number of hydrogen-bond acceptors (Lipinski definition) is 5. The molecule has 0 spiro atoms. The molecule has 7 nitrogen and oxygen atoms in total. The summed E-state index contributed by atoms with van der Waals surface area (Å²) < 4.78 is 0. The summed E-state index contributed by atoms with van der Waals surface area (Å²) in [5.74, 6) is -1.22. The monoisotopic (exact) mass is 235 g/mol. The molecule has 0 aromatic rings. The average Bonchev–Trinajstić information content (AvgIpc) is 2.22. The summed E-state index contributed by atoms with van der Waals surface area (Å²) in [4.78, 5) is 20.3. The third-order valence-corrected chi connectivity index (χ3v) is 2.56. The van der Waals surface area contributed by atoms with E-state index >= 15 is 0 Å². The molecule has 3 N–H and O–H groups in total. The summed E-state index contributed by atoms with van der Waals surface area (Å²) >= 11 is 0. The smallest absolute Gasteiger partial charge is 0.303 e. The Hall–Kier alpha value is -1.21. The van der Waals surface area contributed by atoms with Crippen molar-refractivity contribution in [2.24, 2.45) is 5.92 Å². The van der Waals surface area contributed by atoms with Gasteiger partial charge in [-0.1, -0.05) is 6.92 Å². The summed E-state index contributed by atoms with van der Waals surface area (Å²) in [5.41, 5.74) is -1.77. The van der Waals surface area contributed by atoms with Gasteiger partial charge in [-0.25, -0.2) is 0 Å². The minimum atomic E-state index is -1.77. The number of aliphatic hydroxyl groups excluding tert-OH is 2. The lowest BCUT2D eigenvalue weighted by Crippen LogP contribution is -2.47. The third-order valence-electron chi connectivity index (χ3n) is 2.56. The van der Waals surface area contributed by atoms with Crippen molar-refractivity contribution in [3.8, 4) is 0 Å². The van der Waals surface area contributed by atoms with Gasteiger partial charge < -0.3 is 15.3 Å². The van der Waals surface area contributed by atoms with E-state index in [-0.39, 0.29) is 25.2 Å². The molecule has 94 valence electrons. The lowest BCUT2D eigenvalue weighted by molar-refractivity contribution is -0.579. The van der Waals surface area contributed by atoms with Crippen LogP contribution in [0, 0.1) is 16.0 Å². The van der Waals surface area contributed by atoms with Crippen molar-refractivity contribution in [2.75, 3.05) is 13.2 Å². The molecule has 0 bridgehead atoms. The van der Waals surface area contributed by atoms with Gasteiger partial charge in [0, 0.05) is 17.8 Å². The standard InChI is InChI=1S/C9H17NO6/c1-7(2-3-8(13)14)4-9(5-11,6-12)10(15)16/h7,11-12H,2-6H2,1H3,(H,13,14). The van der Waals surface area contributed by atoms with Crippen LogP contribution in [0.4, 0.5) is 0 Å². The maximum Gasteiger partial charge on any atom is 0.303 e. The molecule has 0 radical (unpaired) electrons. The van der Waals surface area contributed by atoms with E-state index in [9.17, 15) is 14.9 Å². The van der Waals surface area contributed by atoms with E-state index in [1.807, 2.05) is 0 Å². The molecule has 0 aliphatic rings. The number of carbonyl (C=O) groups is 1. The van der Waals surface area contributed by atoms with Gasteiger partial charge in [0.1, 0.15) is 13.2 Å². The molecule has 0 aliphatic carbocycles. The number of carboxylic acids is 1. The van der Waals surface area contributed by atoms with Crippen molar-refractivity contribution >= 4 is 5.97 Å². The van der Waals surface area contributed by atoms with Crippen LogP contribution in [0.2, 0.25) is 0 Å². The first-order valence-corrected chi connectivity index (χ1v) is 4.96. The van der Waals surface area contributed by atoms with Gasteiger partial charge in [-0.3, -0.25) is 14.9 Å². The van der Waals surface area contributed by atoms with Gasteiger partial charge in [-0.15, -0.1) is 0 Å². The van der Waals surface area contributed by atoms with Crippen molar-refractivity contribution in [3.63, 3.8) is 0 Å². The molecule has 0 aliphatic heterocycles. The second kappa shape index (κ2) is 6.39. The van der Waals surface area contributed by atoms with Crippen LogP contribution >= 0.6 is 0 Å². The predicted molar refractivity (Wildman–Crippen MR) is 54.5 cm³/mol. The Bertz CT molecular complexity index is 250. The van der Waals surface area contributed by atoms with E-state index in [0.717, 1.165) is 0 Å². The van der Waals surface area contributed by atoms with Gasteiger partial charge in [-0.2, -0.15) is 0 Å². The lowest BCUT2D eigenvalue weighted by atomic mass is 9.87. The van der Waals surface area contributed by atoms with Crippen molar-refractivity contribution < 1.29 is 25.0 Å². The minimum Gasteiger partial charge on any atom is -0.481 e. The van der Waals surface area contributed by atoms with Crippen molar-refractivity contribution in [1.29, 1.82) is 0 Å². The number of nitro groups is 1. The SMILES string of the molecule is CC(CCC(=O)O)CC(CO)(CO)[N+](=O)[O-]. The summed E-state index contributed by atoms with van der Waals surface area (Å²) in [6.45, 7) is 0.147. The van der Waals surface area contributed by atoms with Crippen LogP contribution in [0.1, 0.15) is 26.2 Å². The number of rotatable bonds is 8. The zero-order valence-electron chi connectivity index (χ0n) is 9.13. The molecule has 0 saturated heterocycles. The van der Waals surface area contributed by atoms with E-state index in [1.54, 1.807) is 6.92 Å². The third kappa shape index (κ3) is 4.11. The van der Waals surface area contributed by atoms with E-state index in [2.05, 4.69) is 0 Å². The molecule has 0 saturated carbocycles. The number of hydrogen-bond donors (Lipinski definition) is 3. The summed E-state index contributed by atoms with van der Waals surface area (Å²) in [6.07, 6.45) is 0.164. The normalized spacial score (nSPS) is 13.4. The van der Waals surface area contributed by atoms with Crippen LogP contribution < -0.4 is 0 Å². The van der Waals surface area contributed by atoms with Gasteiger partial charge in [0.05, 0.1) is 0 Å². The maximum atomic E-state index is 10.7. The Morgan fingerprint density at radius 2 is 1.94 bits per heavy atom. The van der Waals surface area contributed by atoms with Gasteiger partial charge in [0.25, 0.3) is 5.54 Å². The first-order valence-electron chi connectivity index (χ1n) is 4.96. The maximum absolute atomic E-state index is 10.7. The topological polar surface area (TPSA) is 121 Å². The first-order chi connectivity index (χ1) is 7.38. The predicted octanol–water partition coefficient (Wildman–Crippen LogP) is -0.122. The molecule has 0 aromatic heterocycles. The summed E-state index contributed by atoms with van der Waals surface area (Å²) in [7, 11) is 0. The Morgan fingerprint density at radius 1 is 1.44 bits per heavy atom. The van der Waals surface area contributed by atoms with Crippen LogP contribution in [0.3, 0.4) is 0 Å². The molecular formula is C9H17NO6. The first kappa shape index (κ1) is 14.8. The fourth-order valence-electron chi connectivity index (χ4n) is 1.49. The van der Waals surface area contributed by atoms with Crippen LogP contribution in [0.5, 0.6) is 0 Å². The van der Waals surface area contributed by atoms with E-state index in [4.69, 9.17) is 15.3 Å². The zero-order chi connectivity index (χ0) is 12.8. The number of carboxylic acid groups (broad SMARTS) is 1. The van der Waals surface area contributed by atoms with Crippen LogP contribution in [-0.2, 0) is 4.79 Å². The Balaban J connectivity index is 4.39. The van der Waals surface area contributed by atoms with Crippen LogP contribution in [0.25, 0.3) is 0 Å². The van der Waals surface area contributed by atoms with Crippen molar-refractivity contribution in [3.05, 3.63) is 10.1 Å². The van der Waals surface area contributed by atoms with Crippen molar-refractivity contribution in [1.82, 2.24) is 0 Å². The van der Waals surface area contributed by atoms with Gasteiger partial charge in [-0.05, 0) is 12.3 Å². The number of aliphatic carboxylic acids is 1. The second-order valence-electron chi connectivity index (χ2n) is 4.04. The molecular weight excluding hydrogens is 218 g/mol. The molecule has 16 heavy (non-hydrogen) atoms. The van der Waals surface area contributed by atoms with Crippen molar-refractivity contribution in [2.45, 2.75) is 31.7 Å². The van der Waals surface area contributed by atoms with Gasteiger partial charge >= 0.3 is 5.97 Å². The number of nitrogens with zero attached hydrogens (tertiary/aromatic N) is 1. The van der Waals surface area contributed by atoms with Gasteiger partial charge in [0.2, 0.25) is 0 Å². The Labute approximate surface area is 92.9 Å². The average molecular weight is 235 g/mol. The highest BCUT2D eigenvalue weighted by atomic mass is 16.6. The largest absolute Gasteiger partial charge is 0.481 e. The highest BCUT2D eigenvalue weighted by Gasteiger charge is 2.42. The zero-order valence-corrected chi connectivity index (χ0v) is 9.13. The molecule has 0 heterocycles. The lowest BCUT2D eigenvalue weighted by Gasteiger charge is -2.23. The molecule has 7 heteroatoms. The van der Waals surface area contributed by atoms with E-state index in [0.29, 0.717) is 0 Å². The van der Waals surface area contributed by atoms with Gasteiger partial charge in [0.15, 0.2) is 0 Å². The molecule has 0 rings (SSSR count). The Kier molecular flexibility index (Phi) is 5.91. The van der Waals surface area contributed by atoms with Crippen LogP contribution in [0.15, 0.2) is 0 Å².